The molecule has 0 unspecified atom stereocenters. The van der Waals surface area contributed by atoms with Gasteiger partial charge in [-0.2, -0.15) is 0 Å². The quantitative estimate of drug-likeness (QED) is 0.190. The molecule has 0 spiro atoms. The van der Waals surface area contributed by atoms with Gasteiger partial charge in [-0.25, -0.2) is 14.8 Å². The lowest BCUT2D eigenvalue weighted by atomic mass is 10.1. The zero-order valence-corrected chi connectivity index (χ0v) is 21.1. The summed E-state index contributed by atoms with van der Waals surface area (Å²) < 4.78 is 6.11. The van der Waals surface area contributed by atoms with E-state index in [9.17, 15) is 9.90 Å². The molecule has 0 aliphatic rings. The number of benzene rings is 3. The maximum atomic E-state index is 12.2. The van der Waals surface area contributed by atoms with Crippen LogP contribution in [0.15, 0.2) is 95.7 Å². The van der Waals surface area contributed by atoms with Crippen molar-refractivity contribution in [2.24, 2.45) is 0 Å². The molecule has 8 nitrogen and oxygen atoms in total. The molecule has 194 valence electrons. The number of aliphatic hydroxyl groups excluding tert-OH is 1. The van der Waals surface area contributed by atoms with Crippen molar-refractivity contribution >= 4 is 34.3 Å². The number of nitrogens with zero attached hydrogens (tertiary/aromatic N) is 2. The summed E-state index contributed by atoms with van der Waals surface area (Å²) in [6.45, 7) is 0.597. The molecule has 5 aromatic rings. The number of nitrogens with one attached hydrogen (secondary N) is 3. The first kappa shape index (κ1) is 25.5. The van der Waals surface area contributed by atoms with Crippen molar-refractivity contribution in [2.75, 3.05) is 29.1 Å². The predicted octanol–water partition coefficient (Wildman–Crippen LogP) is 5.92. The third-order valence-electron chi connectivity index (χ3n) is 5.92. The van der Waals surface area contributed by atoms with Crippen LogP contribution >= 0.6 is 0 Å². The zero-order chi connectivity index (χ0) is 26.9. The van der Waals surface area contributed by atoms with Crippen LogP contribution in [0.25, 0.3) is 22.4 Å². The number of aromatic nitrogens is 2. The minimum absolute atomic E-state index is 0.0168. The fraction of sp³-hybridized carbons (Fsp3) is 0.129. The minimum atomic E-state index is -0.295. The van der Waals surface area contributed by atoms with E-state index in [0.717, 1.165) is 23.2 Å². The van der Waals surface area contributed by atoms with Gasteiger partial charge in [-0.15, -0.1) is 0 Å². The van der Waals surface area contributed by atoms with Crippen LogP contribution < -0.4 is 16.0 Å². The summed E-state index contributed by atoms with van der Waals surface area (Å²) in [5, 5.41) is 19.0. The van der Waals surface area contributed by atoms with Gasteiger partial charge < -0.3 is 25.5 Å². The summed E-state index contributed by atoms with van der Waals surface area (Å²) in [6, 6.07) is 26.4. The number of carbonyl (C=O) groups excluding carboxylic acids is 1. The molecule has 4 N–H and O–H groups in total. The van der Waals surface area contributed by atoms with E-state index >= 15 is 0 Å². The third-order valence-corrected chi connectivity index (χ3v) is 5.92. The lowest BCUT2D eigenvalue weighted by molar-refractivity contribution is 0.262. The number of fused-ring (bicyclic) bond motifs is 1. The van der Waals surface area contributed by atoms with Gasteiger partial charge in [0.15, 0.2) is 5.76 Å². The average molecular weight is 518 g/mol. The van der Waals surface area contributed by atoms with Crippen molar-refractivity contribution in [3.63, 3.8) is 0 Å². The van der Waals surface area contributed by atoms with E-state index in [2.05, 4.69) is 37.8 Å². The second-order valence-corrected chi connectivity index (χ2v) is 8.67. The summed E-state index contributed by atoms with van der Waals surface area (Å²) in [6.07, 6.45) is 2.56. The van der Waals surface area contributed by atoms with Crippen LogP contribution in [-0.2, 0) is 6.42 Å². The van der Waals surface area contributed by atoms with Crippen LogP contribution in [0.5, 0.6) is 0 Å². The maximum absolute atomic E-state index is 12.2. The summed E-state index contributed by atoms with van der Waals surface area (Å²) in [5.41, 5.74) is 4.56. The topological polar surface area (TPSA) is 112 Å². The van der Waals surface area contributed by atoms with E-state index < -0.39 is 0 Å². The van der Waals surface area contributed by atoms with Gasteiger partial charge in [0.25, 0.3) is 0 Å². The Bertz CT molecular complexity index is 1610. The number of hydrogen-bond donors (Lipinski definition) is 4. The van der Waals surface area contributed by atoms with Gasteiger partial charge in [0.05, 0.1) is 17.6 Å². The van der Waals surface area contributed by atoms with Gasteiger partial charge >= 0.3 is 6.03 Å². The largest absolute Gasteiger partial charge is 0.436 e. The second-order valence-electron chi connectivity index (χ2n) is 8.67. The molecule has 0 atom stereocenters. The molecule has 0 radical (unpaired) electrons. The molecule has 0 fully saturated rings. The number of furan rings is 1. The molecule has 2 amide bonds. The van der Waals surface area contributed by atoms with Crippen molar-refractivity contribution in [1.29, 1.82) is 0 Å². The lowest BCUT2D eigenvalue weighted by Gasteiger charge is -2.09. The van der Waals surface area contributed by atoms with Gasteiger partial charge in [-0.3, -0.25) is 0 Å². The van der Waals surface area contributed by atoms with Crippen LogP contribution in [0, 0.1) is 11.8 Å². The van der Waals surface area contributed by atoms with Crippen LogP contribution in [0.3, 0.4) is 0 Å². The Morgan fingerprint density at radius 2 is 1.56 bits per heavy atom. The zero-order valence-electron chi connectivity index (χ0n) is 21.1. The van der Waals surface area contributed by atoms with Crippen molar-refractivity contribution in [2.45, 2.75) is 12.8 Å². The molecule has 0 saturated carbocycles. The summed E-state index contributed by atoms with van der Waals surface area (Å²) >= 11 is 0. The fourth-order valence-electron chi connectivity index (χ4n) is 4.08. The number of hydrogen-bond acceptors (Lipinski definition) is 6. The Morgan fingerprint density at radius 3 is 2.28 bits per heavy atom. The van der Waals surface area contributed by atoms with Crippen molar-refractivity contribution in [3.05, 3.63) is 102 Å². The van der Waals surface area contributed by atoms with E-state index in [4.69, 9.17) is 4.42 Å². The highest BCUT2D eigenvalue weighted by Crippen LogP contribution is 2.35. The molecule has 0 bridgehead atoms. The molecule has 0 saturated heterocycles. The molecule has 8 heteroatoms. The Balaban J connectivity index is 1.27. The van der Waals surface area contributed by atoms with Crippen molar-refractivity contribution in [1.82, 2.24) is 9.97 Å². The van der Waals surface area contributed by atoms with Crippen LogP contribution in [0.2, 0.25) is 0 Å². The second kappa shape index (κ2) is 12.4. The standard InChI is InChI=1S/C31H27N5O3/c37-20-8-7-13-26-27-29(33-21-34-30(27)39-28(26)23-9-3-1-4-10-23)32-19-18-22-14-16-25(17-15-22)36-31(38)35-24-11-5-2-6-12-24/h1-6,9-12,14-17,21,37H,8,18-20H2,(H,32,33,34)(H2,35,36,38). The maximum Gasteiger partial charge on any atom is 0.323 e. The van der Waals surface area contributed by atoms with Gasteiger partial charge in [0, 0.05) is 29.9 Å². The molecule has 3 aromatic carbocycles. The lowest BCUT2D eigenvalue weighted by Crippen LogP contribution is -2.19. The van der Waals surface area contributed by atoms with Crippen LogP contribution in [0.4, 0.5) is 22.0 Å². The number of para-hydroxylation sites is 1. The highest BCUT2D eigenvalue weighted by molar-refractivity contribution is 5.99. The van der Waals surface area contributed by atoms with Gasteiger partial charge in [0.2, 0.25) is 5.71 Å². The predicted molar refractivity (Wildman–Crippen MR) is 154 cm³/mol. The number of rotatable bonds is 8. The summed E-state index contributed by atoms with van der Waals surface area (Å²) in [7, 11) is 0. The van der Waals surface area contributed by atoms with Gasteiger partial charge in [-0.1, -0.05) is 72.5 Å². The number of aliphatic hydroxyl groups is 1. The highest BCUT2D eigenvalue weighted by Gasteiger charge is 2.19. The number of amides is 2. The molecule has 0 aliphatic heterocycles. The Labute approximate surface area is 226 Å². The number of anilines is 3. The smallest absolute Gasteiger partial charge is 0.323 e. The summed E-state index contributed by atoms with van der Waals surface area (Å²) in [4.78, 5) is 21.0. The van der Waals surface area contributed by atoms with Crippen molar-refractivity contribution < 1.29 is 14.3 Å². The van der Waals surface area contributed by atoms with Crippen molar-refractivity contribution in [3.8, 4) is 23.2 Å². The third kappa shape index (κ3) is 6.42. The summed E-state index contributed by atoms with van der Waals surface area (Å²) in [5.74, 6) is 7.42. The first-order valence-corrected chi connectivity index (χ1v) is 12.6. The van der Waals surface area contributed by atoms with Gasteiger partial charge in [-0.05, 0) is 36.2 Å². The number of carbonyl (C=O) groups is 1. The SMILES string of the molecule is O=C(Nc1ccccc1)Nc1ccc(CCNc2ncnc3oc(-c4ccccc4)c(C#CCCO)c23)cc1. The fourth-order valence-corrected chi connectivity index (χ4v) is 4.08. The monoisotopic (exact) mass is 517 g/mol. The molecule has 5 rings (SSSR count). The van der Waals surface area contributed by atoms with E-state index in [-0.39, 0.29) is 12.6 Å². The van der Waals surface area contributed by atoms with E-state index in [1.54, 1.807) is 0 Å². The molecular formula is C31H27N5O3. The molecule has 0 aliphatic carbocycles. The normalized spacial score (nSPS) is 10.5. The van der Waals surface area contributed by atoms with E-state index in [0.29, 0.717) is 46.9 Å². The Kier molecular flexibility index (Phi) is 8.12. The van der Waals surface area contributed by atoms with E-state index in [1.807, 2.05) is 84.9 Å². The van der Waals surface area contributed by atoms with Crippen LogP contribution in [-0.4, -0.2) is 34.3 Å². The first-order chi connectivity index (χ1) is 19.2. The highest BCUT2D eigenvalue weighted by atomic mass is 16.3. The Hall–Kier alpha value is -5.13. The van der Waals surface area contributed by atoms with Crippen LogP contribution in [0.1, 0.15) is 17.5 Å². The van der Waals surface area contributed by atoms with E-state index in [1.165, 1.54) is 6.33 Å². The molecule has 2 aromatic heterocycles. The number of urea groups is 1. The first-order valence-electron chi connectivity index (χ1n) is 12.6. The minimum Gasteiger partial charge on any atom is -0.436 e. The molecule has 2 heterocycles. The average Bonchev–Trinajstić information content (AvgIpc) is 3.34. The molecule has 39 heavy (non-hydrogen) atoms. The van der Waals surface area contributed by atoms with Gasteiger partial charge in [0.1, 0.15) is 12.1 Å². The molecular weight excluding hydrogens is 490 g/mol. The Morgan fingerprint density at radius 1 is 0.872 bits per heavy atom.